The second-order valence-electron chi connectivity index (χ2n) is 5.54. The maximum atomic E-state index is 12.4. The van der Waals surface area contributed by atoms with Gasteiger partial charge in [0.05, 0.1) is 12.2 Å². The second kappa shape index (κ2) is 6.13. The van der Waals surface area contributed by atoms with E-state index in [0.717, 1.165) is 35.6 Å². The van der Waals surface area contributed by atoms with Crippen LogP contribution in [0.4, 0.5) is 10.5 Å². The van der Waals surface area contributed by atoms with E-state index >= 15 is 0 Å². The minimum atomic E-state index is -0.0736. The van der Waals surface area contributed by atoms with Gasteiger partial charge in [-0.05, 0) is 31.0 Å². The van der Waals surface area contributed by atoms with Crippen LogP contribution in [-0.4, -0.2) is 27.4 Å². The van der Waals surface area contributed by atoms with Crippen LogP contribution in [0.2, 0.25) is 0 Å². The van der Waals surface area contributed by atoms with Crippen molar-refractivity contribution in [1.82, 2.24) is 14.9 Å². The number of amides is 2. The molecule has 0 atom stereocenters. The number of hydrogen-bond donors (Lipinski definition) is 1. The molecule has 0 fully saturated rings. The van der Waals surface area contributed by atoms with E-state index < -0.39 is 0 Å². The Kier molecular flexibility index (Phi) is 4.04. The molecule has 1 aromatic carbocycles. The summed E-state index contributed by atoms with van der Waals surface area (Å²) in [5.74, 6) is 0.785. The highest BCUT2D eigenvalue weighted by atomic mass is 16.2. The van der Waals surface area contributed by atoms with E-state index in [0.29, 0.717) is 13.1 Å². The summed E-state index contributed by atoms with van der Waals surface area (Å²) in [5.41, 5.74) is 4.18. The maximum absolute atomic E-state index is 12.4. The lowest BCUT2D eigenvalue weighted by molar-refractivity contribution is 0.205. The number of urea groups is 1. The molecule has 0 saturated carbocycles. The Balaban J connectivity index is 1.67. The van der Waals surface area contributed by atoms with Gasteiger partial charge >= 0.3 is 6.03 Å². The van der Waals surface area contributed by atoms with E-state index in [1.54, 1.807) is 4.90 Å². The van der Waals surface area contributed by atoms with Gasteiger partial charge in [0.2, 0.25) is 0 Å². The Morgan fingerprint density at radius 1 is 1.32 bits per heavy atom. The van der Waals surface area contributed by atoms with Gasteiger partial charge in [0.1, 0.15) is 5.82 Å². The number of carbonyl (C=O) groups excluding carboxylic acids is 1. The van der Waals surface area contributed by atoms with Crippen molar-refractivity contribution < 1.29 is 4.79 Å². The van der Waals surface area contributed by atoms with Gasteiger partial charge in [-0.3, -0.25) is 0 Å². The lowest BCUT2D eigenvalue weighted by atomic mass is 10.1. The van der Waals surface area contributed by atoms with Crippen LogP contribution in [0.5, 0.6) is 0 Å². The van der Waals surface area contributed by atoms with Gasteiger partial charge in [0.25, 0.3) is 0 Å². The zero-order chi connectivity index (χ0) is 15.5. The number of carbonyl (C=O) groups is 1. The minimum absolute atomic E-state index is 0.0736. The number of benzene rings is 1. The molecule has 3 rings (SSSR count). The van der Waals surface area contributed by atoms with Gasteiger partial charge in [0.15, 0.2) is 0 Å². The average molecular weight is 296 g/mol. The summed E-state index contributed by atoms with van der Waals surface area (Å²) in [6, 6.07) is 7.90. The number of anilines is 1. The Labute approximate surface area is 130 Å². The minimum Gasteiger partial charge on any atom is -0.320 e. The molecule has 114 valence electrons. The molecule has 0 spiro atoms. The maximum Gasteiger partial charge on any atom is 0.322 e. The number of rotatable bonds is 2. The summed E-state index contributed by atoms with van der Waals surface area (Å²) >= 11 is 0. The van der Waals surface area contributed by atoms with Crippen LogP contribution < -0.4 is 5.32 Å². The predicted octanol–water partition coefficient (Wildman–Crippen LogP) is 2.94. The van der Waals surface area contributed by atoms with E-state index in [-0.39, 0.29) is 6.03 Å². The first kappa shape index (κ1) is 14.5. The molecular weight excluding hydrogens is 276 g/mol. The fourth-order valence-corrected chi connectivity index (χ4v) is 2.62. The molecule has 2 aromatic rings. The highest BCUT2D eigenvalue weighted by Crippen LogP contribution is 2.18. The Morgan fingerprint density at radius 3 is 2.82 bits per heavy atom. The zero-order valence-corrected chi connectivity index (χ0v) is 13.0. The van der Waals surface area contributed by atoms with E-state index in [2.05, 4.69) is 22.2 Å². The summed E-state index contributed by atoms with van der Waals surface area (Å²) in [6.07, 6.45) is 3.60. The first-order valence-corrected chi connectivity index (χ1v) is 7.62. The fourth-order valence-electron chi connectivity index (χ4n) is 2.62. The van der Waals surface area contributed by atoms with E-state index in [4.69, 9.17) is 0 Å². The number of nitrogens with one attached hydrogen (secondary N) is 1. The van der Waals surface area contributed by atoms with Gasteiger partial charge in [0, 0.05) is 30.4 Å². The number of aryl methyl sites for hydroxylation is 2. The lowest BCUT2D eigenvalue weighted by Crippen LogP contribution is -2.39. The number of aromatic nitrogens is 2. The smallest absolute Gasteiger partial charge is 0.320 e. The number of hydrogen-bond acceptors (Lipinski definition) is 3. The van der Waals surface area contributed by atoms with Gasteiger partial charge in [-0.25, -0.2) is 14.8 Å². The largest absolute Gasteiger partial charge is 0.322 e. The Morgan fingerprint density at radius 2 is 2.09 bits per heavy atom. The molecule has 0 saturated heterocycles. The van der Waals surface area contributed by atoms with Crippen LogP contribution in [0.15, 0.2) is 30.5 Å². The molecule has 0 bridgehead atoms. The van der Waals surface area contributed by atoms with Crippen LogP contribution in [0.1, 0.15) is 29.6 Å². The Bertz CT molecular complexity index is 682. The Hall–Kier alpha value is -2.43. The number of fused-ring (bicyclic) bond motifs is 1. The topological polar surface area (TPSA) is 58.1 Å². The van der Waals surface area contributed by atoms with Crippen LogP contribution in [0, 0.1) is 6.92 Å². The molecule has 0 unspecified atom stereocenters. The summed E-state index contributed by atoms with van der Waals surface area (Å²) in [6.45, 7) is 5.25. The van der Waals surface area contributed by atoms with E-state index in [9.17, 15) is 4.79 Å². The van der Waals surface area contributed by atoms with Gasteiger partial charge in [-0.1, -0.05) is 19.1 Å². The van der Waals surface area contributed by atoms with Crippen molar-refractivity contribution in [2.24, 2.45) is 0 Å². The second-order valence-corrected chi connectivity index (χ2v) is 5.54. The third kappa shape index (κ3) is 3.08. The highest BCUT2D eigenvalue weighted by Gasteiger charge is 2.22. The molecule has 2 heterocycles. The first-order valence-electron chi connectivity index (χ1n) is 7.62. The summed E-state index contributed by atoms with van der Waals surface area (Å²) in [7, 11) is 0. The van der Waals surface area contributed by atoms with Crippen LogP contribution in [0.25, 0.3) is 0 Å². The van der Waals surface area contributed by atoms with Crippen molar-refractivity contribution in [2.75, 3.05) is 11.9 Å². The van der Waals surface area contributed by atoms with Crippen molar-refractivity contribution in [3.05, 3.63) is 53.1 Å². The molecule has 5 heteroatoms. The standard InChI is InChI=1S/C17H20N4O/c1-3-13-4-6-15(7-5-13)20-17(22)21-9-8-16-14(11-21)10-18-12(2)19-16/h4-7,10H,3,8-9,11H2,1-2H3,(H,20,22). The van der Waals surface area contributed by atoms with E-state index in [1.807, 2.05) is 37.4 Å². The van der Waals surface area contributed by atoms with Crippen molar-refractivity contribution >= 4 is 11.7 Å². The molecule has 1 aromatic heterocycles. The van der Waals surface area contributed by atoms with Crippen molar-refractivity contribution in [2.45, 2.75) is 33.2 Å². The molecule has 0 radical (unpaired) electrons. The van der Waals surface area contributed by atoms with Crippen molar-refractivity contribution in [3.63, 3.8) is 0 Å². The first-order chi connectivity index (χ1) is 10.7. The average Bonchev–Trinajstić information content (AvgIpc) is 2.55. The molecule has 5 nitrogen and oxygen atoms in total. The molecular formula is C17H20N4O. The van der Waals surface area contributed by atoms with Crippen molar-refractivity contribution in [1.29, 1.82) is 0 Å². The normalized spacial score (nSPS) is 13.6. The summed E-state index contributed by atoms with van der Waals surface area (Å²) < 4.78 is 0. The molecule has 2 amide bonds. The lowest BCUT2D eigenvalue weighted by Gasteiger charge is -2.28. The molecule has 1 N–H and O–H groups in total. The highest BCUT2D eigenvalue weighted by molar-refractivity contribution is 5.89. The third-order valence-electron chi connectivity index (χ3n) is 3.96. The van der Waals surface area contributed by atoms with Crippen LogP contribution >= 0.6 is 0 Å². The fraction of sp³-hybridized carbons (Fsp3) is 0.353. The third-order valence-corrected chi connectivity index (χ3v) is 3.96. The summed E-state index contributed by atoms with van der Waals surface area (Å²) in [5, 5.41) is 2.95. The van der Waals surface area contributed by atoms with Gasteiger partial charge in [-0.2, -0.15) is 0 Å². The summed E-state index contributed by atoms with van der Waals surface area (Å²) in [4.78, 5) is 22.8. The van der Waals surface area contributed by atoms with Crippen molar-refractivity contribution in [3.8, 4) is 0 Å². The quantitative estimate of drug-likeness (QED) is 0.927. The zero-order valence-electron chi connectivity index (χ0n) is 13.0. The molecule has 1 aliphatic heterocycles. The molecule has 0 aliphatic carbocycles. The van der Waals surface area contributed by atoms with Crippen LogP contribution in [0.3, 0.4) is 0 Å². The van der Waals surface area contributed by atoms with Gasteiger partial charge < -0.3 is 10.2 Å². The van der Waals surface area contributed by atoms with Gasteiger partial charge in [-0.15, -0.1) is 0 Å². The van der Waals surface area contributed by atoms with Crippen LogP contribution in [-0.2, 0) is 19.4 Å². The predicted molar refractivity (Wildman–Crippen MR) is 85.7 cm³/mol. The van der Waals surface area contributed by atoms with E-state index in [1.165, 1.54) is 5.56 Å². The molecule has 1 aliphatic rings. The SMILES string of the molecule is CCc1ccc(NC(=O)N2CCc3nc(C)ncc3C2)cc1. The monoisotopic (exact) mass is 296 g/mol. The number of nitrogens with zero attached hydrogens (tertiary/aromatic N) is 3. The molecule has 22 heavy (non-hydrogen) atoms.